The van der Waals surface area contributed by atoms with Crippen LogP contribution in [0.5, 0.6) is 0 Å². The van der Waals surface area contributed by atoms with Gasteiger partial charge in [-0.05, 0) is 13.8 Å². The SMILES string of the molecule is CC(C)n1ccc(NN)n1. The van der Waals surface area contributed by atoms with Gasteiger partial charge >= 0.3 is 0 Å². The van der Waals surface area contributed by atoms with Crippen LogP contribution >= 0.6 is 0 Å². The monoisotopic (exact) mass is 140 g/mol. The molecule has 1 heterocycles. The van der Waals surface area contributed by atoms with Crippen molar-refractivity contribution in [2.45, 2.75) is 19.9 Å². The van der Waals surface area contributed by atoms with E-state index in [9.17, 15) is 0 Å². The standard InChI is InChI=1S/C6H12N4/c1-5(2)10-4-3-6(8-7)9-10/h3-5H,7H2,1-2H3,(H,8,9). The van der Waals surface area contributed by atoms with Crippen molar-refractivity contribution in [3.05, 3.63) is 12.3 Å². The van der Waals surface area contributed by atoms with Gasteiger partial charge in [-0.2, -0.15) is 5.10 Å². The smallest absolute Gasteiger partial charge is 0.161 e. The molecule has 4 heteroatoms. The van der Waals surface area contributed by atoms with Crippen LogP contribution in [0.1, 0.15) is 19.9 Å². The number of nitrogens with one attached hydrogen (secondary N) is 1. The number of hydrazine groups is 1. The summed E-state index contributed by atoms with van der Waals surface area (Å²) in [6.45, 7) is 4.13. The van der Waals surface area contributed by atoms with Gasteiger partial charge < -0.3 is 5.43 Å². The van der Waals surface area contributed by atoms with Crippen LogP contribution in [0.4, 0.5) is 5.82 Å². The molecule has 0 saturated heterocycles. The average molecular weight is 140 g/mol. The lowest BCUT2D eigenvalue weighted by Gasteiger charge is -2.02. The topological polar surface area (TPSA) is 55.9 Å². The lowest BCUT2D eigenvalue weighted by atomic mass is 10.4. The van der Waals surface area contributed by atoms with Crippen molar-refractivity contribution in [1.29, 1.82) is 0 Å². The minimum atomic E-state index is 0.391. The van der Waals surface area contributed by atoms with Crippen molar-refractivity contribution >= 4 is 5.82 Å². The molecule has 0 spiro atoms. The molecule has 1 rings (SSSR count). The van der Waals surface area contributed by atoms with Crippen LogP contribution in [-0.4, -0.2) is 9.78 Å². The molecule has 0 radical (unpaired) electrons. The van der Waals surface area contributed by atoms with E-state index in [0.29, 0.717) is 11.9 Å². The van der Waals surface area contributed by atoms with Crippen LogP contribution in [0.3, 0.4) is 0 Å². The molecule has 0 bridgehead atoms. The van der Waals surface area contributed by atoms with E-state index in [4.69, 9.17) is 5.84 Å². The van der Waals surface area contributed by atoms with E-state index < -0.39 is 0 Å². The van der Waals surface area contributed by atoms with E-state index in [1.807, 2.05) is 16.9 Å². The molecule has 0 fully saturated rings. The molecule has 56 valence electrons. The van der Waals surface area contributed by atoms with Gasteiger partial charge in [0.15, 0.2) is 5.82 Å². The highest BCUT2D eigenvalue weighted by molar-refractivity contribution is 5.29. The zero-order valence-electron chi connectivity index (χ0n) is 6.20. The van der Waals surface area contributed by atoms with E-state index >= 15 is 0 Å². The van der Waals surface area contributed by atoms with Gasteiger partial charge in [-0.25, -0.2) is 5.84 Å². The van der Waals surface area contributed by atoms with E-state index in [2.05, 4.69) is 24.4 Å². The predicted octanol–water partition coefficient (Wildman–Crippen LogP) is 0.750. The number of anilines is 1. The minimum Gasteiger partial charge on any atom is -0.307 e. The molecule has 10 heavy (non-hydrogen) atoms. The summed E-state index contributed by atoms with van der Waals surface area (Å²) in [5.41, 5.74) is 2.47. The largest absolute Gasteiger partial charge is 0.307 e. The third kappa shape index (κ3) is 1.27. The summed E-state index contributed by atoms with van der Waals surface area (Å²) in [4.78, 5) is 0. The van der Waals surface area contributed by atoms with Gasteiger partial charge in [0.25, 0.3) is 0 Å². The maximum Gasteiger partial charge on any atom is 0.161 e. The fourth-order valence-electron chi connectivity index (χ4n) is 0.703. The molecule has 0 aliphatic carbocycles. The summed E-state index contributed by atoms with van der Waals surface area (Å²) in [6, 6.07) is 2.22. The highest BCUT2D eigenvalue weighted by atomic mass is 15.4. The number of rotatable bonds is 2. The van der Waals surface area contributed by atoms with Gasteiger partial charge in [0.05, 0.1) is 0 Å². The van der Waals surface area contributed by atoms with Gasteiger partial charge in [-0.1, -0.05) is 0 Å². The van der Waals surface area contributed by atoms with Gasteiger partial charge in [-0.3, -0.25) is 4.68 Å². The van der Waals surface area contributed by atoms with Crippen LogP contribution in [0, 0.1) is 0 Å². The second-order valence-corrected chi connectivity index (χ2v) is 2.42. The fraction of sp³-hybridized carbons (Fsp3) is 0.500. The van der Waals surface area contributed by atoms with Gasteiger partial charge in [-0.15, -0.1) is 0 Å². The fourth-order valence-corrected chi connectivity index (χ4v) is 0.703. The summed E-state index contributed by atoms with van der Waals surface area (Å²) < 4.78 is 1.84. The van der Waals surface area contributed by atoms with Crippen molar-refractivity contribution in [1.82, 2.24) is 9.78 Å². The molecule has 0 aliphatic heterocycles. The number of nitrogen functional groups attached to an aromatic ring is 1. The number of nitrogens with zero attached hydrogens (tertiary/aromatic N) is 2. The molecular weight excluding hydrogens is 128 g/mol. The highest BCUT2D eigenvalue weighted by Crippen LogP contribution is 2.05. The Labute approximate surface area is 60.0 Å². The Kier molecular flexibility index (Phi) is 1.91. The summed E-state index contributed by atoms with van der Waals surface area (Å²) in [5.74, 6) is 5.84. The van der Waals surface area contributed by atoms with Crippen LogP contribution in [-0.2, 0) is 0 Å². The van der Waals surface area contributed by atoms with Gasteiger partial charge in [0.1, 0.15) is 0 Å². The minimum absolute atomic E-state index is 0.391. The first kappa shape index (κ1) is 7.08. The van der Waals surface area contributed by atoms with Crippen LogP contribution in [0.2, 0.25) is 0 Å². The second kappa shape index (κ2) is 2.70. The number of hydrogen-bond acceptors (Lipinski definition) is 3. The Hall–Kier alpha value is -1.03. The quantitative estimate of drug-likeness (QED) is 0.470. The summed E-state index contributed by atoms with van der Waals surface area (Å²) in [7, 11) is 0. The summed E-state index contributed by atoms with van der Waals surface area (Å²) in [5, 5.41) is 4.11. The molecule has 0 aromatic carbocycles. The first-order chi connectivity index (χ1) is 4.74. The molecule has 0 amide bonds. The van der Waals surface area contributed by atoms with Crippen LogP contribution < -0.4 is 11.3 Å². The first-order valence-corrected chi connectivity index (χ1v) is 3.26. The van der Waals surface area contributed by atoms with Gasteiger partial charge in [0.2, 0.25) is 0 Å². The Morgan fingerprint density at radius 3 is 2.70 bits per heavy atom. The molecule has 1 aromatic heterocycles. The van der Waals surface area contributed by atoms with Gasteiger partial charge in [0, 0.05) is 18.3 Å². The molecule has 0 aliphatic rings. The Bertz CT molecular complexity index is 203. The van der Waals surface area contributed by atoms with E-state index in [0.717, 1.165) is 0 Å². The maximum atomic E-state index is 5.14. The van der Waals surface area contributed by atoms with Crippen LogP contribution in [0.25, 0.3) is 0 Å². The second-order valence-electron chi connectivity index (χ2n) is 2.42. The molecule has 0 unspecified atom stereocenters. The Balaban J connectivity index is 2.78. The summed E-state index contributed by atoms with van der Waals surface area (Å²) >= 11 is 0. The van der Waals surface area contributed by atoms with Crippen molar-refractivity contribution < 1.29 is 0 Å². The molecule has 0 saturated carbocycles. The zero-order valence-corrected chi connectivity index (χ0v) is 6.20. The molecule has 3 N–H and O–H groups in total. The number of aromatic nitrogens is 2. The lowest BCUT2D eigenvalue weighted by Crippen LogP contribution is -2.08. The van der Waals surface area contributed by atoms with E-state index in [1.54, 1.807) is 0 Å². The molecule has 4 nitrogen and oxygen atoms in total. The number of hydrogen-bond donors (Lipinski definition) is 2. The molecule has 0 atom stereocenters. The maximum absolute atomic E-state index is 5.14. The Morgan fingerprint density at radius 1 is 1.70 bits per heavy atom. The average Bonchev–Trinajstić information content (AvgIpc) is 2.34. The third-order valence-corrected chi connectivity index (χ3v) is 1.29. The highest BCUT2D eigenvalue weighted by Gasteiger charge is 1.98. The lowest BCUT2D eigenvalue weighted by molar-refractivity contribution is 0.534. The summed E-state index contributed by atoms with van der Waals surface area (Å²) in [6.07, 6.45) is 1.89. The molecular formula is C6H12N4. The van der Waals surface area contributed by atoms with Crippen molar-refractivity contribution in [3.8, 4) is 0 Å². The third-order valence-electron chi connectivity index (χ3n) is 1.29. The van der Waals surface area contributed by atoms with Crippen molar-refractivity contribution in [2.75, 3.05) is 5.43 Å². The zero-order chi connectivity index (χ0) is 7.56. The van der Waals surface area contributed by atoms with Crippen molar-refractivity contribution in [3.63, 3.8) is 0 Å². The molecule has 1 aromatic rings. The Morgan fingerprint density at radius 2 is 2.40 bits per heavy atom. The normalized spacial score (nSPS) is 10.4. The van der Waals surface area contributed by atoms with Crippen LogP contribution in [0.15, 0.2) is 12.3 Å². The first-order valence-electron chi connectivity index (χ1n) is 3.26. The number of nitrogens with two attached hydrogens (primary N) is 1. The van der Waals surface area contributed by atoms with Crippen molar-refractivity contribution in [2.24, 2.45) is 5.84 Å². The predicted molar refractivity (Wildman–Crippen MR) is 40.4 cm³/mol. The van der Waals surface area contributed by atoms with E-state index in [1.165, 1.54) is 0 Å². The van der Waals surface area contributed by atoms with E-state index in [-0.39, 0.29) is 0 Å².